The Hall–Kier alpha value is -2.87. The van der Waals surface area contributed by atoms with E-state index in [1.54, 1.807) is 6.07 Å². The van der Waals surface area contributed by atoms with Gasteiger partial charge in [-0.15, -0.1) is 0 Å². The number of carbonyl (C=O) groups excluding carboxylic acids is 1. The van der Waals surface area contributed by atoms with Gasteiger partial charge in [0.2, 0.25) is 15.9 Å². The van der Waals surface area contributed by atoms with Crippen LogP contribution < -0.4 is 14.2 Å². The zero-order valence-corrected chi connectivity index (χ0v) is 24.6. The lowest BCUT2D eigenvalue weighted by Gasteiger charge is -2.20. The highest BCUT2D eigenvalue weighted by atomic mass is 35.5. The van der Waals surface area contributed by atoms with Gasteiger partial charge in [0.1, 0.15) is 22.6 Å². The normalized spacial score (nSPS) is 12.2. The smallest absolute Gasteiger partial charge is 0.417 e. The zero-order chi connectivity index (χ0) is 30.5. The molecule has 0 radical (unpaired) electrons. The summed E-state index contributed by atoms with van der Waals surface area (Å²) in [5.74, 6) is -1.07. The molecule has 1 aromatic heterocycles. The van der Waals surface area contributed by atoms with E-state index in [1.165, 1.54) is 18.2 Å². The molecule has 0 spiro atoms. The summed E-state index contributed by atoms with van der Waals surface area (Å²) in [6, 6.07) is 5.19. The fraction of sp³-hybridized carbons (Fsp3) is 0.481. The number of hydrogen-bond acceptors (Lipinski definition) is 8. The molecule has 0 fully saturated rings. The predicted molar refractivity (Wildman–Crippen MR) is 149 cm³/mol. The van der Waals surface area contributed by atoms with Crippen LogP contribution in [-0.4, -0.2) is 57.6 Å². The predicted octanol–water partition coefficient (Wildman–Crippen LogP) is 6.02. The minimum absolute atomic E-state index is 0.0260. The molecule has 1 amide bonds. The number of sulfonamides is 1. The van der Waals surface area contributed by atoms with E-state index >= 15 is 0 Å². The van der Waals surface area contributed by atoms with Gasteiger partial charge in [-0.3, -0.25) is 4.79 Å². The van der Waals surface area contributed by atoms with Gasteiger partial charge in [-0.1, -0.05) is 31.4 Å². The molecule has 0 aliphatic rings. The molecule has 2 rings (SSSR count). The third-order valence-corrected chi connectivity index (χ3v) is 6.94. The van der Waals surface area contributed by atoms with Crippen LogP contribution in [0.5, 0.6) is 17.4 Å². The fourth-order valence-corrected chi connectivity index (χ4v) is 4.59. The molecular weight excluding hydrogens is 589 g/mol. The second-order valence-corrected chi connectivity index (χ2v) is 10.9. The van der Waals surface area contributed by atoms with Gasteiger partial charge < -0.3 is 18.9 Å². The number of ether oxygens (including phenoxy) is 4. The minimum Gasteiger partial charge on any atom is -0.485 e. The molecule has 0 aliphatic carbocycles. The molecule has 228 valence electrons. The lowest BCUT2D eigenvalue weighted by atomic mass is 10.1. The molecule has 0 aliphatic heterocycles. The lowest BCUT2D eigenvalue weighted by molar-refractivity contribution is -0.137. The summed E-state index contributed by atoms with van der Waals surface area (Å²) in [6.07, 6.45) is -0.346. The van der Waals surface area contributed by atoms with E-state index in [4.69, 9.17) is 30.5 Å². The van der Waals surface area contributed by atoms with Crippen molar-refractivity contribution in [3.63, 3.8) is 0 Å². The summed E-state index contributed by atoms with van der Waals surface area (Å²) >= 11 is 6.03. The molecule has 1 N–H and O–H groups in total. The molecular formula is C27H34ClF3N2O7S. The van der Waals surface area contributed by atoms with E-state index in [9.17, 15) is 26.4 Å². The largest absolute Gasteiger partial charge is 0.485 e. The number of unbranched alkanes of at least 4 members (excludes halogenated alkanes) is 2. The summed E-state index contributed by atoms with van der Waals surface area (Å²) in [7, 11) is -3.82. The lowest BCUT2D eigenvalue weighted by Crippen LogP contribution is -2.31. The Balaban J connectivity index is 2.36. The van der Waals surface area contributed by atoms with Crippen LogP contribution in [0.3, 0.4) is 0 Å². The van der Waals surface area contributed by atoms with Crippen molar-refractivity contribution in [2.75, 3.05) is 32.2 Å². The first-order chi connectivity index (χ1) is 19.4. The topological polar surface area (TPSA) is 113 Å². The Bertz CT molecular complexity index is 1270. The summed E-state index contributed by atoms with van der Waals surface area (Å²) in [4.78, 5) is 16.0. The molecule has 9 nitrogen and oxygen atoms in total. The second-order valence-electron chi connectivity index (χ2n) is 8.69. The molecule has 0 bridgehead atoms. The van der Waals surface area contributed by atoms with Crippen molar-refractivity contribution in [3.05, 3.63) is 52.7 Å². The van der Waals surface area contributed by atoms with Gasteiger partial charge in [-0.2, -0.15) is 13.2 Å². The van der Waals surface area contributed by atoms with Crippen LogP contribution in [0.1, 0.15) is 51.2 Å². The SMILES string of the molecule is CCCCCS(=O)(=O)NC(=O)C=Cc1ccc(OC(COCC)COCC)cc1Oc1ncc(C(F)(F)F)cc1Cl. The number of carbonyl (C=O) groups is 1. The average molecular weight is 623 g/mol. The first kappa shape index (κ1) is 34.3. The number of pyridine rings is 1. The summed E-state index contributed by atoms with van der Waals surface area (Å²) in [5.41, 5.74) is -0.793. The summed E-state index contributed by atoms with van der Waals surface area (Å²) in [5, 5.41) is -0.400. The molecule has 0 saturated carbocycles. The van der Waals surface area contributed by atoms with Crippen LogP contribution in [-0.2, 0) is 30.5 Å². The van der Waals surface area contributed by atoms with Gasteiger partial charge in [0, 0.05) is 37.1 Å². The first-order valence-corrected chi connectivity index (χ1v) is 15.0. The zero-order valence-electron chi connectivity index (χ0n) is 23.0. The standard InChI is InChI=1S/C27H34ClF3N2O7S/c1-4-7-8-13-41(35,36)33-25(34)12-10-19-9-11-21(39-22(17-37-5-2)18-38-6-3)15-24(19)40-26-23(28)14-20(16-32-26)27(29,30)31/h9-12,14-16,22H,4-8,13,17-18H2,1-3H3,(H,33,34). The molecule has 0 saturated heterocycles. The van der Waals surface area contributed by atoms with Gasteiger partial charge in [-0.05, 0) is 44.5 Å². The Kier molecular flexibility index (Phi) is 13.9. The number of nitrogens with one attached hydrogen (secondary N) is 1. The van der Waals surface area contributed by atoms with E-state index in [2.05, 4.69) is 4.98 Å². The van der Waals surface area contributed by atoms with Crippen molar-refractivity contribution >= 4 is 33.6 Å². The number of aromatic nitrogens is 1. The molecule has 0 atom stereocenters. The van der Waals surface area contributed by atoms with Crippen molar-refractivity contribution in [2.45, 2.75) is 52.3 Å². The Morgan fingerprint density at radius 1 is 1.10 bits per heavy atom. The van der Waals surface area contributed by atoms with Crippen LogP contribution >= 0.6 is 11.6 Å². The maximum absolute atomic E-state index is 13.1. The molecule has 14 heteroatoms. The van der Waals surface area contributed by atoms with Gasteiger partial charge >= 0.3 is 6.18 Å². The molecule has 41 heavy (non-hydrogen) atoms. The van der Waals surface area contributed by atoms with E-state index in [0.29, 0.717) is 44.1 Å². The monoisotopic (exact) mass is 622 g/mol. The van der Waals surface area contributed by atoms with Crippen LogP contribution in [0.2, 0.25) is 5.02 Å². The van der Waals surface area contributed by atoms with E-state index in [0.717, 1.165) is 12.5 Å². The van der Waals surface area contributed by atoms with Gasteiger partial charge in [0.25, 0.3) is 5.91 Å². The number of amides is 1. The molecule has 0 unspecified atom stereocenters. The Labute approximate surface area is 243 Å². The van der Waals surface area contributed by atoms with E-state index in [1.807, 2.05) is 25.5 Å². The maximum atomic E-state index is 13.1. The number of rotatable bonds is 17. The van der Waals surface area contributed by atoms with Crippen molar-refractivity contribution in [1.29, 1.82) is 0 Å². The highest BCUT2D eigenvalue weighted by Gasteiger charge is 2.32. The fourth-order valence-electron chi connectivity index (χ4n) is 3.33. The van der Waals surface area contributed by atoms with Crippen molar-refractivity contribution in [1.82, 2.24) is 9.71 Å². The third kappa shape index (κ3) is 12.3. The number of benzene rings is 1. The average Bonchev–Trinajstić information content (AvgIpc) is 2.90. The third-order valence-electron chi connectivity index (χ3n) is 5.33. The summed E-state index contributed by atoms with van der Waals surface area (Å²) in [6.45, 7) is 6.96. The van der Waals surface area contributed by atoms with Gasteiger partial charge in [0.15, 0.2) is 0 Å². The van der Waals surface area contributed by atoms with Crippen LogP contribution in [0, 0.1) is 0 Å². The molecule has 1 heterocycles. The molecule has 1 aromatic carbocycles. The van der Waals surface area contributed by atoms with Crippen molar-refractivity contribution < 1.29 is 45.3 Å². The van der Waals surface area contributed by atoms with Gasteiger partial charge in [-0.25, -0.2) is 18.1 Å². The van der Waals surface area contributed by atoms with E-state index < -0.39 is 38.8 Å². The van der Waals surface area contributed by atoms with Crippen LogP contribution in [0.4, 0.5) is 13.2 Å². The van der Waals surface area contributed by atoms with Crippen LogP contribution in [0.15, 0.2) is 36.5 Å². The van der Waals surface area contributed by atoms with Gasteiger partial charge in [0.05, 0.1) is 24.5 Å². The number of alkyl halides is 3. The second kappa shape index (κ2) is 16.5. The number of hydrogen-bond donors (Lipinski definition) is 1. The van der Waals surface area contributed by atoms with E-state index in [-0.39, 0.29) is 36.2 Å². The summed E-state index contributed by atoms with van der Waals surface area (Å²) < 4.78 is 88.0. The Morgan fingerprint density at radius 3 is 2.37 bits per heavy atom. The van der Waals surface area contributed by atoms with Crippen LogP contribution in [0.25, 0.3) is 6.08 Å². The Morgan fingerprint density at radius 2 is 1.78 bits per heavy atom. The number of nitrogens with zero attached hydrogens (tertiary/aromatic N) is 1. The quantitative estimate of drug-likeness (QED) is 0.168. The first-order valence-electron chi connectivity index (χ1n) is 13.0. The maximum Gasteiger partial charge on any atom is 0.417 e. The van der Waals surface area contributed by atoms with Crippen molar-refractivity contribution in [3.8, 4) is 17.4 Å². The highest BCUT2D eigenvalue weighted by Crippen LogP contribution is 2.36. The minimum atomic E-state index is -4.66. The highest BCUT2D eigenvalue weighted by molar-refractivity contribution is 7.90. The molecule has 2 aromatic rings. The number of halogens is 4. The van der Waals surface area contributed by atoms with Crippen molar-refractivity contribution in [2.24, 2.45) is 0 Å².